The van der Waals surface area contributed by atoms with Crippen LogP contribution in [0.1, 0.15) is 69.7 Å². The molecular formula is C28H36N4O6S2. The second-order valence-electron chi connectivity index (χ2n) is 12.3. The van der Waals surface area contributed by atoms with Gasteiger partial charge in [0.1, 0.15) is 11.0 Å². The molecule has 40 heavy (non-hydrogen) atoms. The van der Waals surface area contributed by atoms with Crippen LogP contribution in [0.3, 0.4) is 0 Å². The lowest BCUT2D eigenvalue weighted by Gasteiger charge is -2.35. The van der Waals surface area contributed by atoms with Crippen molar-refractivity contribution >= 4 is 49.3 Å². The molecule has 0 bridgehead atoms. The molecule has 1 aliphatic heterocycles. The number of rotatable bonds is 9. The van der Waals surface area contributed by atoms with Crippen molar-refractivity contribution in [2.24, 2.45) is 5.41 Å². The molecule has 0 radical (unpaired) electrons. The fraction of sp³-hybridized carbons (Fsp3) is 0.500. The van der Waals surface area contributed by atoms with E-state index in [-0.39, 0.29) is 23.4 Å². The van der Waals surface area contributed by atoms with Crippen LogP contribution >= 0.6 is 0 Å². The molecule has 2 aromatic carbocycles. The highest BCUT2D eigenvalue weighted by atomic mass is 32.2. The molecule has 1 heterocycles. The number of aldehydes is 1. The smallest absolute Gasteiger partial charge is 0.257 e. The quantitative estimate of drug-likeness (QED) is 0.378. The highest BCUT2D eigenvalue weighted by Gasteiger charge is 2.55. The van der Waals surface area contributed by atoms with Gasteiger partial charge in [0.15, 0.2) is 0 Å². The van der Waals surface area contributed by atoms with Crippen LogP contribution in [0.4, 0.5) is 17.1 Å². The van der Waals surface area contributed by atoms with E-state index in [9.17, 15) is 26.4 Å². The number of hydrogen-bond acceptors (Lipinski definition) is 7. The van der Waals surface area contributed by atoms with Crippen LogP contribution in [-0.4, -0.2) is 52.4 Å². The maximum Gasteiger partial charge on any atom is 0.257 e. The summed E-state index contributed by atoms with van der Waals surface area (Å²) in [5.74, 6) is -0.444. The molecule has 1 amide bonds. The molecule has 3 N–H and O–H groups in total. The van der Waals surface area contributed by atoms with E-state index in [0.29, 0.717) is 28.6 Å². The SMILES string of the molecule is CC(C)(C)NS(=O)(=O)c1cccc(NC(=O)c2ccc(NS(=O)(=O)C3(C=O)CC3)cc2N2CCC3(CC2)CC3)c1. The number of hydrogen-bond donors (Lipinski definition) is 3. The standard InChI is InChI=1S/C28H36N4O6S2/c1-26(2,3)31-39(35,36)22-6-4-5-20(17-22)29-25(34)23-8-7-21(30-40(37,38)28(19-33)11-12-28)18-24(23)32-15-13-27(9-10-27)14-16-32/h4-8,17-19,30-31H,9-16H2,1-3H3,(H,29,34). The lowest BCUT2D eigenvalue weighted by Crippen LogP contribution is -2.40. The Morgan fingerprint density at radius 1 is 0.900 bits per heavy atom. The Hall–Kier alpha value is -2.96. The van der Waals surface area contributed by atoms with Gasteiger partial charge in [-0.2, -0.15) is 0 Å². The number of benzene rings is 2. The molecule has 2 aliphatic carbocycles. The maximum absolute atomic E-state index is 13.5. The van der Waals surface area contributed by atoms with Crippen LogP contribution in [0.2, 0.25) is 0 Å². The Bertz CT molecular complexity index is 1550. The normalized spacial score (nSPS) is 19.6. The van der Waals surface area contributed by atoms with Crippen molar-refractivity contribution in [2.45, 2.75) is 74.5 Å². The van der Waals surface area contributed by atoms with Gasteiger partial charge in [-0.1, -0.05) is 6.07 Å². The van der Waals surface area contributed by atoms with Crippen LogP contribution < -0.4 is 19.7 Å². The number of carbonyl (C=O) groups excluding carboxylic acids is 2. The monoisotopic (exact) mass is 588 g/mol. The first-order chi connectivity index (χ1) is 18.7. The van der Waals surface area contributed by atoms with E-state index in [4.69, 9.17) is 0 Å². The van der Waals surface area contributed by atoms with Gasteiger partial charge in [-0.25, -0.2) is 21.6 Å². The molecule has 2 saturated carbocycles. The first-order valence-electron chi connectivity index (χ1n) is 13.5. The van der Waals surface area contributed by atoms with E-state index < -0.39 is 36.2 Å². The van der Waals surface area contributed by atoms with Gasteiger partial charge in [-0.05, 0) is 101 Å². The zero-order valence-corrected chi connectivity index (χ0v) is 24.6. The number of anilines is 3. The van der Waals surface area contributed by atoms with Crippen molar-refractivity contribution in [1.82, 2.24) is 4.72 Å². The van der Waals surface area contributed by atoms with Gasteiger partial charge in [-0.3, -0.25) is 9.52 Å². The maximum atomic E-state index is 13.5. The van der Waals surface area contributed by atoms with Gasteiger partial charge in [0.2, 0.25) is 20.0 Å². The number of nitrogens with one attached hydrogen (secondary N) is 3. The average Bonchev–Trinajstić information content (AvgIpc) is 3.80. The molecule has 2 aromatic rings. The first kappa shape index (κ1) is 28.6. The van der Waals surface area contributed by atoms with E-state index >= 15 is 0 Å². The lowest BCUT2D eigenvalue weighted by molar-refractivity contribution is -0.108. The molecule has 0 unspecified atom stereocenters. The summed E-state index contributed by atoms with van der Waals surface area (Å²) in [5, 5.41) is 2.81. The number of amides is 1. The first-order valence-corrected chi connectivity index (χ1v) is 16.5. The molecule has 3 aliphatic rings. The summed E-state index contributed by atoms with van der Waals surface area (Å²) in [7, 11) is -7.72. The molecule has 1 spiro atoms. The summed E-state index contributed by atoms with van der Waals surface area (Å²) >= 11 is 0. The highest BCUT2D eigenvalue weighted by molar-refractivity contribution is 7.95. The van der Waals surface area contributed by atoms with Gasteiger partial charge in [0.05, 0.1) is 21.8 Å². The topological polar surface area (TPSA) is 142 Å². The largest absolute Gasteiger partial charge is 0.371 e. The minimum absolute atomic E-state index is 0.0279. The molecular weight excluding hydrogens is 552 g/mol. The van der Waals surface area contributed by atoms with Gasteiger partial charge >= 0.3 is 0 Å². The Balaban J connectivity index is 1.42. The Morgan fingerprint density at radius 2 is 1.57 bits per heavy atom. The van der Waals surface area contributed by atoms with Crippen LogP contribution in [0, 0.1) is 5.41 Å². The lowest BCUT2D eigenvalue weighted by atomic mass is 9.93. The van der Waals surface area contributed by atoms with Gasteiger partial charge in [-0.15, -0.1) is 0 Å². The molecule has 10 nitrogen and oxygen atoms in total. The molecule has 0 aromatic heterocycles. The Morgan fingerprint density at radius 3 is 2.15 bits per heavy atom. The summed E-state index contributed by atoms with van der Waals surface area (Å²) in [6.07, 6.45) is 5.48. The third-order valence-electron chi connectivity index (χ3n) is 7.95. The predicted octanol–water partition coefficient (Wildman–Crippen LogP) is 3.87. The number of nitrogens with zero attached hydrogens (tertiary/aromatic N) is 1. The van der Waals surface area contributed by atoms with Gasteiger partial charge < -0.3 is 15.0 Å². The highest BCUT2D eigenvalue weighted by Crippen LogP contribution is 2.54. The predicted molar refractivity (Wildman–Crippen MR) is 155 cm³/mol. The zero-order valence-electron chi connectivity index (χ0n) is 23.0. The summed E-state index contributed by atoms with van der Waals surface area (Å²) < 4.78 is 55.1. The molecule has 0 atom stereocenters. The summed E-state index contributed by atoms with van der Waals surface area (Å²) in [6.45, 7) is 6.71. The van der Waals surface area contributed by atoms with Crippen LogP contribution in [0.5, 0.6) is 0 Å². The minimum atomic E-state index is -3.92. The molecule has 12 heteroatoms. The van der Waals surface area contributed by atoms with E-state index in [2.05, 4.69) is 19.7 Å². The fourth-order valence-corrected chi connectivity index (χ4v) is 8.05. The van der Waals surface area contributed by atoms with Crippen molar-refractivity contribution in [1.29, 1.82) is 0 Å². The van der Waals surface area contributed by atoms with Crippen molar-refractivity contribution in [3.63, 3.8) is 0 Å². The van der Waals surface area contributed by atoms with Gasteiger partial charge in [0, 0.05) is 24.3 Å². The number of sulfonamides is 2. The van der Waals surface area contributed by atoms with Crippen molar-refractivity contribution in [3.8, 4) is 0 Å². The Labute approximate surface area is 236 Å². The van der Waals surface area contributed by atoms with Crippen LogP contribution in [-0.2, 0) is 24.8 Å². The summed E-state index contributed by atoms with van der Waals surface area (Å²) in [5.41, 5.74) is 1.25. The molecule has 216 valence electrons. The third-order valence-corrected chi connectivity index (χ3v) is 11.8. The fourth-order valence-electron chi connectivity index (χ4n) is 5.18. The van der Waals surface area contributed by atoms with Crippen molar-refractivity contribution < 1.29 is 26.4 Å². The van der Waals surface area contributed by atoms with E-state index in [1.54, 1.807) is 45.0 Å². The van der Waals surface area contributed by atoms with E-state index in [1.807, 2.05) is 0 Å². The van der Waals surface area contributed by atoms with E-state index in [1.165, 1.54) is 31.0 Å². The average molecular weight is 589 g/mol. The number of carbonyl (C=O) groups is 2. The third kappa shape index (κ3) is 5.89. The van der Waals surface area contributed by atoms with E-state index in [0.717, 1.165) is 25.9 Å². The van der Waals surface area contributed by atoms with Crippen LogP contribution in [0.25, 0.3) is 0 Å². The molecule has 1 saturated heterocycles. The van der Waals surface area contributed by atoms with Crippen molar-refractivity contribution in [2.75, 3.05) is 28.0 Å². The second-order valence-corrected chi connectivity index (χ2v) is 16.1. The Kier molecular flexibility index (Phi) is 7.03. The minimum Gasteiger partial charge on any atom is -0.371 e. The molecule has 3 fully saturated rings. The van der Waals surface area contributed by atoms with Crippen molar-refractivity contribution in [3.05, 3.63) is 48.0 Å². The summed E-state index contributed by atoms with van der Waals surface area (Å²) in [4.78, 5) is 27.1. The molecule has 5 rings (SSSR count). The van der Waals surface area contributed by atoms with Gasteiger partial charge in [0.25, 0.3) is 5.91 Å². The summed E-state index contributed by atoms with van der Waals surface area (Å²) in [6, 6.07) is 10.8. The number of piperidine rings is 1. The van der Waals surface area contributed by atoms with Crippen LogP contribution in [0.15, 0.2) is 47.4 Å². The zero-order chi connectivity index (χ0) is 29.0. The second kappa shape index (κ2) is 9.85.